The molecular formula is C15H21F2NO2. The lowest BCUT2D eigenvalue weighted by atomic mass is 10.0. The van der Waals surface area contributed by atoms with Crippen LogP contribution in [0.3, 0.4) is 0 Å². The van der Waals surface area contributed by atoms with Gasteiger partial charge in [-0.25, -0.2) is 8.78 Å². The highest BCUT2D eigenvalue weighted by Gasteiger charge is 2.11. The highest BCUT2D eigenvalue weighted by Crippen LogP contribution is 2.15. The van der Waals surface area contributed by atoms with E-state index in [1.54, 1.807) is 0 Å². The molecule has 2 rings (SSSR count). The lowest BCUT2D eigenvalue weighted by Gasteiger charge is -2.23. The van der Waals surface area contributed by atoms with Crippen LogP contribution in [0.15, 0.2) is 18.2 Å². The van der Waals surface area contributed by atoms with Crippen molar-refractivity contribution in [2.24, 2.45) is 0 Å². The third kappa shape index (κ3) is 5.06. The SMILES string of the molecule is Fc1ccc(OCCOCCC2CCCCN2)cc1F. The average Bonchev–Trinajstić information content (AvgIpc) is 2.47. The van der Waals surface area contributed by atoms with E-state index in [1.165, 1.54) is 25.3 Å². The van der Waals surface area contributed by atoms with Crippen LogP contribution >= 0.6 is 0 Å². The summed E-state index contributed by atoms with van der Waals surface area (Å²) in [5, 5.41) is 3.46. The van der Waals surface area contributed by atoms with Gasteiger partial charge >= 0.3 is 0 Å². The van der Waals surface area contributed by atoms with Crippen molar-refractivity contribution < 1.29 is 18.3 Å². The van der Waals surface area contributed by atoms with Crippen molar-refractivity contribution in [3.63, 3.8) is 0 Å². The fraction of sp³-hybridized carbons (Fsp3) is 0.600. The fourth-order valence-electron chi connectivity index (χ4n) is 2.28. The molecule has 20 heavy (non-hydrogen) atoms. The highest BCUT2D eigenvalue weighted by molar-refractivity contribution is 5.23. The summed E-state index contributed by atoms with van der Waals surface area (Å²) in [5.74, 6) is -1.44. The number of benzene rings is 1. The number of halogens is 2. The van der Waals surface area contributed by atoms with Crippen LogP contribution in [0.5, 0.6) is 5.75 Å². The van der Waals surface area contributed by atoms with E-state index in [0.29, 0.717) is 31.6 Å². The molecule has 1 aliphatic rings. The fourth-order valence-corrected chi connectivity index (χ4v) is 2.28. The van der Waals surface area contributed by atoms with Crippen molar-refractivity contribution in [3.8, 4) is 5.75 Å². The smallest absolute Gasteiger partial charge is 0.162 e. The lowest BCUT2D eigenvalue weighted by molar-refractivity contribution is 0.0909. The Balaban J connectivity index is 1.53. The van der Waals surface area contributed by atoms with Crippen molar-refractivity contribution >= 4 is 0 Å². The maximum absolute atomic E-state index is 12.9. The van der Waals surface area contributed by atoms with Gasteiger partial charge in [-0.1, -0.05) is 6.42 Å². The molecule has 1 saturated heterocycles. The molecule has 1 aromatic rings. The topological polar surface area (TPSA) is 30.5 Å². The molecule has 0 spiro atoms. The number of hydrogen-bond acceptors (Lipinski definition) is 3. The third-order valence-corrected chi connectivity index (χ3v) is 3.41. The molecule has 0 saturated carbocycles. The first-order valence-electron chi connectivity index (χ1n) is 7.14. The van der Waals surface area contributed by atoms with Gasteiger partial charge in [0.2, 0.25) is 0 Å². The van der Waals surface area contributed by atoms with Gasteiger partial charge in [-0.15, -0.1) is 0 Å². The molecule has 1 fully saturated rings. The molecule has 5 heteroatoms. The zero-order valence-corrected chi connectivity index (χ0v) is 11.5. The largest absolute Gasteiger partial charge is 0.491 e. The van der Waals surface area contributed by atoms with E-state index >= 15 is 0 Å². The molecule has 1 atom stereocenters. The minimum absolute atomic E-state index is 0.321. The van der Waals surface area contributed by atoms with E-state index in [1.807, 2.05) is 0 Å². The van der Waals surface area contributed by atoms with Gasteiger partial charge in [-0.2, -0.15) is 0 Å². The molecular weight excluding hydrogens is 264 g/mol. The molecule has 1 aliphatic heterocycles. The first kappa shape index (κ1) is 15.2. The number of ether oxygens (including phenoxy) is 2. The van der Waals surface area contributed by atoms with E-state index in [4.69, 9.17) is 9.47 Å². The van der Waals surface area contributed by atoms with Gasteiger partial charge in [0, 0.05) is 18.7 Å². The Kier molecular flexibility index (Phi) is 6.21. The van der Waals surface area contributed by atoms with E-state index in [0.717, 1.165) is 25.1 Å². The molecule has 3 nitrogen and oxygen atoms in total. The van der Waals surface area contributed by atoms with Crippen LogP contribution in [0.4, 0.5) is 8.78 Å². The molecule has 0 aliphatic carbocycles. The second kappa shape index (κ2) is 8.17. The summed E-state index contributed by atoms with van der Waals surface area (Å²) >= 11 is 0. The normalized spacial score (nSPS) is 19.0. The van der Waals surface area contributed by atoms with Gasteiger partial charge in [-0.05, 0) is 37.9 Å². The molecule has 112 valence electrons. The lowest BCUT2D eigenvalue weighted by Crippen LogP contribution is -2.34. The van der Waals surface area contributed by atoms with Gasteiger partial charge in [0.25, 0.3) is 0 Å². The summed E-state index contributed by atoms with van der Waals surface area (Å²) < 4.78 is 36.4. The first-order valence-corrected chi connectivity index (χ1v) is 7.14. The molecule has 0 amide bonds. The van der Waals surface area contributed by atoms with Crippen molar-refractivity contribution in [3.05, 3.63) is 29.8 Å². The summed E-state index contributed by atoms with van der Waals surface area (Å²) in [6.45, 7) is 2.58. The number of piperidine rings is 1. The van der Waals surface area contributed by atoms with Crippen LogP contribution < -0.4 is 10.1 Å². The molecule has 0 radical (unpaired) electrons. The van der Waals surface area contributed by atoms with Crippen LogP contribution in [0.2, 0.25) is 0 Å². The van der Waals surface area contributed by atoms with Gasteiger partial charge in [0.15, 0.2) is 11.6 Å². The highest BCUT2D eigenvalue weighted by atomic mass is 19.2. The number of hydrogen-bond donors (Lipinski definition) is 1. The van der Waals surface area contributed by atoms with Crippen molar-refractivity contribution in [1.82, 2.24) is 5.32 Å². The Hall–Kier alpha value is -1.20. The van der Waals surface area contributed by atoms with Crippen LogP contribution in [0, 0.1) is 11.6 Å². The molecule has 0 aromatic heterocycles. The summed E-state index contributed by atoms with van der Waals surface area (Å²) in [4.78, 5) is 0. The van der Waals surface area contributed by atoms with Crippen LogP contribution in [0.25, 0.3) is 0 Å². The minimum Gasteiger partial charge on any atom is -0.491 e. The summed E-state index contributed by atoms with van der Waals surface area (Å²) in [5.41, 5.74) is 0. The van der Waals surface area contributed by atoms with Crippen LogP contribution in [-0.2, 0) is 4.74 Å². The van der Waals surface area contributed by atoms with Gasteiger partial charge in [0.1, 0.15) is 12.4 Å². The first-order chi connectivity index (χ1) is 9.75. The molecule has 0 bridgehead atoms. The van der Waals surface area contributed by atoms with Crippen LogP contribution in [-0.4, -0.2) is 32.4 Å². The van der Waals surface area contributed by atoms with E-state index in [2.05, 4.69) is 5.32 Å². The molecule has 1 unspecified atom stereocenters. The van der Waals surface area contributed by atoms with Crippen LogP contribution in [0.1, 0.15) is 25.7 Å². The molecule has 1 N–H and O–H groups in total. The average molecular weight is 285 g/mol. The summed E-state index contributed by atoms with van der Waals surface area (Å²) in [6, 6.07) is 4.07. The zero-order chi connectivity index (χ0) is 14.2. The Labute approximate surface area is 118 Å². The van der Waals surface area contributed by atoms with E-state index in [9.17, 15) is 8.78 Å². The predicted molar refractivity (Wildman–Crippen MR) is 72.9 cm³/mol. The molecule has 1 heterocycles. The third-order valence-electron chi connectivity index (χ3n) is 3.41. The molecule has 1 aromatic carbocycles. The monoisotopic (exact) mass is 285 g/mol. The Bertz CT molecular complexity index is 409. The zero-order valence-electron chi connectivity index (χ0n) is 11.5. The van der Waals surface area contributed by atoms with E-state index in [-0.39, 0.29) is 0 Å². The van der Waals surface area contributed by atoms with Gasteiger partial charge < -0.3 is 14.8 Å². The number of rotatable bonds is 7. The van der Waals surface area contributed by atoms with Crippen molar-refractivity contribution in [1.29, 1.82) is 0 Å². The summed E-state index contributed by atoms with van der Waals surface area (Å²) in [6.07, 6.45) is 4.77. The summed E-state index contributed by atoms with van der Waals surface area (Å²) in [7, 11) is 0. The second-order valence-corrected chi connectivity index (χ2v) is 4.97. The van der Waals surface area contributed by atoms with Crippen molar-refractivity contribution in [2.45, 2.75) is 31.7 Å². The Morgan fingerprint density at radius 1 is 1.10 bits per heavy atom. The Morgan fingerprint density at radius 2 is 2.00 bits per heavy atom. The van der Waals surface area contributed by atoms with E-state index < -0.39 is 11.6 Å². The maximum Gasteiger partial charge on any atom is 0.162 e. The second-order valence-electron chi connectivity index (χ2n) is 4.97. The quantitative estimate of drug-likeness (QED) is 0.781. The van der Waals surface area contributed by atoms with Gasteiger partial charge in [-0.3, -0.25) is 0 Å². The maximum atomic E-state index is 12.9. The standard InChI is InChI=1S/C15H21F2NO2/c16-14-5-4-13(11-15(14)17)20-10-9-19-8-6-12-3-1-2-7-18-12/h4-5,11-12,18H,1-3,6-10H2. The minimum atomic E-state index is -0.896. The predicted octanol–water partition coefficient (Wildman–Crippen LogP) is 2.89. The number of nitrogens with one attached hydrogen (secondary N) is 1. The van der Waals surface area contributed by atoms with Crippen molar-refractivity contribution in [2.75, 3.05) is 26.4 Å². The van der Waals surface area contributed by atoms with Gasteiger partial charge in [0.05, 0.1) is 6.61 Å². The Morgan fingerprint density at radius 3 is 2.75 bits per heavy atom.